The SMILES string of the molecule is CC.CCC(C)C(=O)N1Cc2nc(NC3CCOCC3)ncc2C1CC.CCc1ccccc1.CO. The molecule has 0 spiro atoms. The molecule has 1 amide bonds. The molecule has 1 saturated heterocycles. The maximum Gasteiger partial charge on any atom is 0.226 e. The van der Waals surface area contributed by atoms with E-state index in [0.29, 0.717) is 18.5 Å². The van der Waals surface area contributed by atoms with Gasteiger partial charge in [-0.2, -0.15) is 0 Å². The molecule has 36 heavy (non-hydrogen) atoms. The van der Waals surface area contributed by atoms with Gasteiger partial charge in [0.15, 0.2) is 0 Å². The van der Waals surface area contributed by atoms with Crippen molar-refractivity contribution in [3.8, 4) is 0 Å². The summed E-state index contributed by atoms with van der Waals surface area (Å²) in [6, 6.07) is 10.9. The van der Waals surface area contributed by atoms with Gasteiger partial charge in [0.25, 0.3) is 0 Å². The number of hydrogen-bond acceptors (Lipinski definition) is 6. The number of fused-ring (bicyclic) bond motifs is 1. The first kappa shape index (κ1) is 31.5. The number of nitrogens with one attached hydrogen (secondary N) is 1. The first-order valence-corrected chi connectivity index (χ1v) is 13.6. The topological polar surface area (TPSA) is 87.6 Å². The molecule has 4 rings (SSSR count). The van der Waals surface area contributed by atoms with Crippen LogP contribution in [0.2, 0.25) is 0 Å². The lowest BCUT2D eigenvalue weighted by Gasteiger charge is -2.26. The number of hydrogen-bond donors (Lipinski definition) is 2. The lowest BCUT2D eigenvalue weighted by Crippen LogP contribution is -2.33. The van der Waals surface area contributed by atoms with Crippen LogP contribution < -0.4 is 5.32 Å². The second kappa shape index (κ2) is 17.8. The molecule has 2 aromatic rings. The maximum atomic E-state index is 12.7. The Kier molecular flexibility index (Phi) is 15.6. The Hall–Kier alpha value is -2.51. The van der Waals surface area contributed by atoms with Gasteiger partial charge < -0.3 is 20.1 Å². The predicted octanol–water partition coefficient (Wildman–Crippen LogP) is 5.79. The van der Waals surface area contributed by atoms with Gasteiger partial charge in [-0.05, 0) is 37.7 Å². The number of rotatable bonds is 6. The molecule has 2 aliphatic heterocycles. The molecule has 0 bridgehead atoms. The molecule has 2 unspecified atom stereocenters. The Labute approximate surface area is 218 Å². The lowest BCUT2D eigenvalue weighted by molar-refractivity contribution is -0.137. The molecule has 7 heteroatoms. The van der Waals surface area contributed by atoms with Crippen LogP contribution in [-0.2, 0) is 22.5 Å². The molecule has 2 aliphatic rings. The molecule has 2 N–H and O–H groups in total. The normalized spacial score (nSPS) is 17.2. The fourth-order valence-electron chi connectivity index (χ4n) is 4.21. The number of aryl methyl sites for hydroxylation is 1. The van der Waals surface area contributed by atoms with Gasteiger partial charge >= 0.3 is 0 Å². The first-order chi connectivity index (χ1) is 17.6. The van der Waals surface area contributed by atoms with Crippen molar-refractivity contribution in [1.29, 1.82) is 0 Å². The van der Waals surface area contributed by atoms with E-state index in [0.717, 1.165) is 63.7 Å². The predicted molar refractivity (Wildman–Crippen MR) is 148 cm³/mol. The van der Waals surface area contributed by atoms with E-state index in [9.17, 15) is 4.79 Å². The molecule has 1 fully saturated rings. The van der Waals surface area contributed by atoms with E-state index >= 15 is 0 Å². The van der Waals surface area contributed by atoms with Crippen molar-refractivity contribution >= 4 is 11.9 Å². The average Bonchev–Trinajstić information content (AvgIpc) is 3.33. The third-order valence-electron chi connectivity index (χ3n) is 6.46. The highest BCUT2D eigenvalue weighted by Gasteiger charge is 2.35. The first-order valence-electron chi connectivity index (χ1n) is 13.6. The van der Waals surface area contributed by atoms with E-state index in [1.54, 1.807) is 0 Å². The minimum absolute atomic E-state index is 0.0566. The molecule has 202 valence electrons. The fourth-order valence-corrected chi connectivity index (χ4v) is 4.21. The summed E-state index contributed by atoms with van der Waals surface area (Å²) in [5.74, 6) is 0.954. The number of aliphatic hydroxyl groups excluding tert-OH is 1. The lowest BCUT2D eigenvalue weighted by atomic mass is 10.0. The van der Waals surface area contributed by atoms with Crippen LogP contribution in [0.4, 0.5) is 5.95 Å². The van der Waals surface area contributed by atoms with Crippen molar-refractivity contribution in [2.45, 2.75) is 92.3 Å². The van der Waals surface area contributed by atoms with Crippen LogP contribution in [-0.4, -0.2) is 52.2 Å². The van der Waals surface area contributed by atoms with Crippen molar-refractivity contribution in [2.75, 3.05) is 25.6 Å². The van der Waals surface area contributed by atoms with Crippen LogP contribution in [0, 0.1) is 5.92 Å². The standard InChI is InChI=1S/C18H28N4O2.C8H10.C2H6.CH4O/c1-4-12(3)17(23)22-11-15-14(16(22)5-2)10-19-18(21-15)20-13-6-8-24-9-7-13;1-2-8-6-4-3-5-7-8;2*1-2/h10,12-13,16H,4-9,11H2,1-3H3,(H,19,20,21);3-7H,2H2,1H3;1-2H3;2H,1H3. The molecule has 7 nitrogen and oxygen atoms in total. The second-order valence-electron chi connectivity index (χ2n) is 8.67. The maximum absolute atomic E-state index is 12.7. The molecular weight excluding hydrogens is 452 g/mol. The number of carbonyl (C=O) groups is 1. The highest BCUT2D eigenvalue weighted by molar-refractivity contribution is 5.79. The van der Waals surface area contributed by atoms with E-state index in [4.69, 9.17) is 14.8 Å². The molecule has 2 atom stereocenters. The minimum Gasteiger partial charge on any atom is -0.400 e. The van der Waals surface area contributed by atoms with Crippen molar-refractivity contribution in [2.24, 2.45) is 5.92 Å². The van der Waals surface area contributed by atoms with Crippen molar-refractivity contribution in [1.82, 2.24) is 14.9 Å². The van der Waals surface area contributed by atoms with Crippen LogP contribution in [0.15, 0.2) is 36.5 Å². The van der Waals surface area contributed by atoms with Crippen LogP contribution in [0.25, 0.3) is 0 Å². The van der Waals surface area contributed by atoms with Gasteiger partial charge in [-0.25, -0.2) is 9.97 Å². The van der Waals surface area contributed by atoms with E-state index in [-0.39, 0.29) is 17.9 Å². The van der Waals surface area contributed by atoms with Crippen LogP contribution in [0.5, 0.6) is 0 Å². The summed E-state index contributed by atoms with van der Waals surface area (Å²) >= 11 is 0. The average molecular weight is 501 g/mol. The highest BCUT2D eigenvalue weighted by atomic mass is 16.5. The Morgan fingerprint density at radius 1 is 1.14 bits per heavy atom. The van der Waals surface area contributed by atoms with Gasteiger partial charge in [-0.3, -0.25) is 4.79 Å². The third kappa shape index (κ3) is 9.17. The van der Waals surface area contributed by atoms with Gasteiger partial charge in [-0.1, -0.05) is 71.9 Å². The summed E-state index contributed by atoms with van der Waals surface area (Å²) in [7, 11) is 1.00. The summed E-state index contributed by atoms with van der Waals surface area (Å²) in [5.41, 5.74) is 3.50. The summed E-state index contributed by atoms with van der Waals surface area (Å²) in [6.07, 6.45) is 6.77. The number of ether oxygens (including phenoxy) is 1. The van der Waals surface area contributed by atoms with Crippen molar-refractivity contribution in [3.63, 3.8) is 0 Å². The molecule has 0 aliphatic carbocycles. The summed E-state index contributed by atoms with van der Waals surface area (Å²) in [5, 5.41) is 10.4. The van der Waals surface area contributed by atoms with Gasteiger partial charge in [0.05, 0.1) is 18.3 Å². The van der Waals surface area contributed by atoms with E-state index in [1.165, 1.54) is 5.56 Å². The number of amides is 1. The van der Waals surface area contributed by atoms with Gasteiger partial charge in [0.1, 0.15) is 0 Å². The number of aliphatic hydroxyl groups is 1. The zero-order chi connectivity index (χ0) is 26.9. The Balaban J connectivity index is 0.000000452. The van der Waals surface area contributed by atoms with E-state index in [2.05, 4.69) is 55.3 Å². The number of aromatic nitrogens is 2. The van der Waals surface area contributed by atoms with E-state index < -0.39 is 0 Å². The van der Waals surface area contributed by atoms with Crippen LogP contribution in [0.3, 0.4) is 0 Å². The van der Waals surface area contributed by atoms with E-state index in [1.807, 2.05) is 37.9 Å². The van der Waals surface area contributed by atoms with Gasteiger partial charge in [0, 0.05) is 44.0 Å². The smallest absolute Gasteiger partial charge is 0.226 e. The zero-order valence-electron chi connectivity index (χ0n) is 23.5. The van der Waals surface area contributed by atoms with Gasteiger partial charge in [0.2, 0.25) is 11.9 Å². The Morgan fingerprint density at radius 3 is 2.31 bits per heavy atom. The molecule has 1 aromatic heterocycles. The minimum atomic E-state index is 0.0566. The number of benzene rings is 1. The zero-order valence-corrected chi connectivity index (χ0v) is 23.5. The quantitative estimate of drug-likeness (QED) is 0.522. The van der Waals surface area contributed by atoms with Crippen LogP contribution in [0.1, 0.15) is 90.1 Å². The molecular formula is C29H48N4O3. The highest BCUT2D eigenvalue weighted by Crippen LogP contribution is 2.36. The Bertz CT molecular complexity index is 857. The molecule has 1 aromatic carbocycles. The Morgan fingerprint density at radius 2 is 1.78 bits per heavy atom. The molecule has 3 heterocycles. The fraction of sp³-hybridized carbons (Fsp3) is 0.621. The van der Waals surface area contributed by atoms with Crippen LogP contribution >= 0.6 is 0 Å². The monoisotopic (exact) mass is 500 g/mol. The van der Waals surface area contributed by atoms with Crippen molar-refractivity contribution in [3.05, 3.63) is 53.3 Å². The molecule has 0 radical (unpaired) electrons. The number of carbonyl (C=O) groups excluding carboxylic acids is 1. The summed E-state index contributed by atoms with van der Waals surface area (Å²) in [4.78, 5) is 23.8. The largest absolute Gasteiger partial charge is 0.400 e. The third-order valence-corrected chi connectivity index (χ3v) is 6.46. The van der Waals surface area contributed by atoms with Crippen molar-refractivity contribution < 1.29 is 14.6 Å². The number of nitrogens with zero attached hydrogens (tertiary/aromatic N) is 3. The molecule has 0 saturated carbocycles. The summed E-state index contributed by atoms with van der Waals surface area (Å²) in [6.45, 7) is 14.5. The number of anilines is 1. The summed E-state index contributed by atoms with van der Waals surface area (Å²) < 4.78 is 5.39. The second-order valence-corrected chi connectivity index (χ2v) is 8.67. The van der Waals surface area contributed by atoms with Gasteiger partial charge in [-0.15, -0.1) is 0 Å².